The van der Waals surface area contributed by atoms with Gasteiger partial charge in [-0.25, -0.2) is 0 Å². The van der Waals surface area contributed by atoms with Gasteiger partial charge in [0.1, 0.15) is 0 Å². The lowest BCUT2D eigenvalue weighted by Gasteiger charge is -2.11. The zero-order valence-corrected chi connectivity index (χ0v) is 8.62. The first-order chi connectivity index (χ1) is 7.13. The number of fused-ring (bicyclic) bond motifs is 1. The second kappa shape index (κ2) is 3.35. The Labute approximate surface area is 88.9 Å². The van der Waals surface area contributed by atoms with Gasteiger partial charge in [-0.15, -0.1) is 0 Å². The summed E-state index contributed by atoms with van der Waals surface area (Å²) in [5, 5.41) is 2.10. The summed E-state index contributed by atoms with van der Waals surface area (Å²) in [5.74, 6) is 0. The Morgan fingerprint density at radius 3 is 2.47 bits per heavy atom. The highest BCUT2D eigenvalue weighted by atomic mass is 14.7. The third-order valence-electron chi connectivity index (χ3n) is 2.57. The molecule has 0 spiro atoms. The standard InChI is InChI=1S/C12H14N3/c1-2-9-10-4-3-8(13)5-7(10)6-11(14)12(9)15/h2-6H,13-15H2,1H3. The van der Waals surface area contributed by atoms with Crippen LogP contribution in [-0.4, -0.2) is 0 Å². The number of nitrogen functional groups attached to an aromatic ring is 3. The number of anilines is 3. The second-order valence-corrected chi connectivity index (χ2v) is 3.56. The molecule has 0 heterocycles. The van der Waals surface area contributed by atoms with E-state index < -0.39 is 0 Å². The molecule has 0 aliphatic rings. The molecule has 1 radical (unpaired) electrons. The molecule has 0 fully saturated rings. The van der Waals surface area contributed by atoms with Gasteiger partial charge in [-0.05, 0) is 41.0 Å². The Bertz CT molecular complexity index is 518. The van der Waals surface area contributed by atoms with E-state index in [9.17, 15) is 0 Å². The Kier molecular flexibility index (Phi) is 2.15. The summed E-state index contributed by atoms with van der Waals surface area (Å²) < 4.78 is 0. The minimum atomic E-state index is 0.598. The summed E-state index contributed by atoms with van der Waals surface area (Å²) in [7, 11) is 0. The van der Waals surface area contributed by atoms with Crippen molar-refractivity contribution >= 4 is 27.8 Å². The Balaban J connectivity index is 2.88. The molecule has 0 unspecified atom stereocenters. The number of rotatable bonds is 1. The average molecular weight is 200 g/mol. The van der Waals surface area contributed by atoms with Gasteiger partial charge in [-0.2, -0.15) is 0 Å². The van der Waals surface area contributed by atoms with Gasteiger partial charge in [0.05, 0.1) is 11.4 Å². The third kappa shape index (κ3) is 1.46. The normalized spacial score (nSPS) is 10.7. The van der Waals surface area contributed by atoms with E-state index in [2.05, 4.69) is 0 Å². The first-order valence-electron chi connectivity index (χ1n) is 4.80. The maximum absolute atomic E-state index is 5.91. The molecule has 2 aromatic rings. The van der Waals surface area contributed by atoms with Crippen LogP contribution in [0, 0.1) is 6.42 Å². The Morgan fingerprint density at radius 2 is 1.80 bits per heavy atom. The number of benzene rings is 2. The molecule has 77 valence electrons. The molecule has 3 heteroatoms. The lowest BCUT2D eigenvalue weighted by molar-refractivity contribution is 1.46. The van der Waals surface area contributed by atoms with Gasteiger partial charge >= 0.3 is 0 Å². The molecular weight excluding hydrogens is 186 g/mol. The molecule has 0 amide bonds. The van der Waals surface area contributed by atoms with Gasteiger partial charge in [-0.1, -0.05) is 13.0 Å². The van der Waals surface area contributed by atoms with Gasteiger partial charge in [0.15, 0.2) is 0 Å². The largest absolute Gasteiger partial charge is 0.399 e. The van der Waals surface area contributed by atoms with Crippen LogP contribution in [0.4, 0.5) is 17.1 Å². The minimum Gasteiger partial charge on any atom is -0.399 e. The van der Waals surface area contributed by atoms with Crippen molar-refractivity contribution in [1.82, 2.24) is 0 Å². The van der Waals surface area contributed by atoms with Crippen molar-refractivity contribution < 1.29 is 0 Å². The van der Waals surface area contributed by atoms with Crippen molar-refractivity contribution in [2.45, 2.75) is 6.92 Å². The van der Waals surface area contributed by atoms with Crippen molar-refractivity contribution in [2.24, 2.45) is 0 Å². The van der Waals surface area contributed by atoms with Gasteiger partial charge in [0.25, 0.3) is 0 Å². The zero-order valence-electron chi connectivity index (χ0n) is 8.62. The maximum atomic E-state index is 5.91. The van der Waals surface area contributed by atoms with Crippen LogP contribution < -0.4 is 17.2 Å². The highest BCUT2D eigenvalue weighted by Crippen LogP contribution is 2.31. The lowest BCUT2D eigenvalue weighted by atomic mass is 9.99. The molecule has 6 N–H and O–H groups in total. The van der Waals surface area contributed by atoms with E-state index >= 15 is 0 Å². The van der Waals surface area contributed by atoms with E-state index in [4.69, 9.17) is 17.2 Å². The molecule has 0 aromatic heterocycles. The van der Waals surface area contributed by atoms with Crippen LogP contribution in [0.3, 0.4) is 0 Å². The molecule has 0 atom stereocenters. The van der Waals surface area contributed by atoms with Gasteiger partial charge in [0, 0.05) is 5.69 Å². The van der Waals surface area contributed by atoms with E-state index in [-0.39, 0.29) is 0 Å². The predicted molar refractivity (Wildman–Crippen MR) is 66.3 cm³/mol. The van der Waals surface area contributed by atoms with Crippen LogP contribution in [0.2, 0.25) is 0 Å². The molecular formula is C12H14N3. The summed E-state index contributed by atoms with van der Waals surface area (Å²) in [4.78, 5) is 0. The summed E-state index contributed by atoms with van der Waals surface area (Å²) >= 11 is 0. The molecule has 0 bridgehead atoms. The number of nitrogens with two attached hydrogens (primary N) is 3. The molecule has 0 saturated heterocycles. The molecule has 2 rings (SSSR count). The van der Waals surface area contributed by atoms with E-state index in [1.807, 2.05) is 37.6 Å². The zero-order chi connectivity index (χ0) is 11.0. The summed E-state index contributed by atoms with van der Waals surface area (Å²) in [6.07, 6.45) is 1.96. The Hall–Kier alpha value is -1.90. The number of hydrogen-bond donors (Lipinski definition) is 3. The van der Waals surface area contributed by atoms with Crippen LogP contribution in [0.15, 0.2) is 24.3 Å². The van der Waals surface area contributed by atoms with E-state index in [1.165, 1.54) is 0 Å². The molecule has 15 heavy (non-hydrogen) atoms. The number of hydrogen-bond acceptors (Lipinski definition) is 3. The van der Waals surface area contributed by atoms with Gasteiger partial charge < -0.3 is 17.2 Å². The molecule has 0 aliphatic heterocycles. The molecule has 0 saturated carbocycles. The summed E-state index contributed by atoms with van der Waals surface area (Å²) in [6, 6.07) is 7.59. The molecule has 2 aromatic carbocycles. The second-order valence-electron chi connectivity index (χ2n) is 3.56. The monoisotopic (exact) mass is 200 g/mol. The van der Waals surface area contributed by atoms with Gasteiger partial charge in [0.2, 0.25) is 0 Å². The summed E-state index contributed by atoms with van der Waals surface area (Å²) in [5.41, 5.74) is 20.4. The van der Waals surface area contributed by atoms with E-state index in [0.29, 0.717) is 11.4 Å². The first kappa shape index (κ1) is 9.65. The summed E-state index contributed by atoms with van der Waals surface area (Å²) in [6.45, 7) is 1.95. The SMILES string of the molecule is C[CH]c1c(N)c(N)cc2cc(N)ccc12. The van der Waals surface area contributed by atoms with Gasteiger partial charge in [-0.3, -0.25) is 0 Å². The predicted octanol–water partition coefficient (Wildman–Crippen LogP) is 2.16. The fourth-order valence-corrected chi connectivity index (χ4v) is 1.80. The van der Waals surface area contributed by atoms with Crippen molar-refractivity contribution in [3.8, 4) is 0 Å². The Morgan fingerprint density at radius 1 is 1.07 bits per heavy atom. The fourth-order valence-electron chi connectivity index (χ4n) is 1.80. The smallest absolute Gasteiger partial charge is 0.0589 e. The van der Waals surface area contributed by atoms with Crippen molar-refractivity contribution in [2.75, 3.05) is 17.2 Å². The van der Waals surface area contributed by atoms with E-state index in [1.54, 1.807) is 0 Å². The van der Waals surface area contributed by atoms with Crippen molar-refractivity contribution in [3.63, 3.8) is 0 Å². The molecule has 0 aliphatic carbocycles. The first-order valence-corrected chi connectivity index (χ1v) is 4.80. The van der Waals surface area contributed by atoms with Crippen molar-refractivity contribution in [1.29, 1.82) is 0 Å². The quantitative estimate of drug-likeness (QED) is 0.617. The average Bonchev–Trinajstić information content (AvgIpc) is 2.20. The van der Waals surface area contributed by atoms with Crippen molar-refractivity contribution in [3.05, 3.63) is 36.2 Å². The highest BCUT2D eigenvalue weighted by Gasteiger charge is 2.07. The van der Waals surface area contributed by atoms with Crippen LogP contribution in [0.1, 0.15) is 12.5 Å². The maximum Gasteiger partial charge on any atom is 0.0589 e. The lowest BCUT2D eigenvalue weighted by Crippen LogP contribution is -1.99. The van der Waals surface area contributed by atoms with E-state index in [0.717, 1.165) is 22.0 Å². The third-order valence-corrected chi connectivity index (χ3v) is 2.57. The molecule has 3 nitrogen and oxygen atoms in total. The van der Waals surface area contributed by atoms with Crippen LogP contribution in [-0.2, 0) is 0 Å². The van der Waals surface area contributed by atoms with Crippen LogP contribution >= 0.6 is 0 Å². The van der Waals surface area contributed by atoms with Crippen LogP contribution in [0.5, 0.6) is 0 Å². The fraction of sp³-hybridized carbons (Fsp3) is 0.0833. The minimum absolute atomic E-state index is 0.598. The van der Waals surface area contributed by atoms with Crippen LogP contribution in [0.25, 0.3) is 10.8 Å². The topological polar surface area (TPSA) is 78.1 Å². The highest BCUT2D eigenvalue weighted by molar-refractivity contribution is 5.97.